The molecule has 0 saturated heterocycles. The van der Waals surface area contributed by atoms with Gasteiger partial charge in [0.25, 0.3) is 0 Å². The summed E-state index contributed by atoms with van der Waals surface area (Å²) in [4.78, 5) is 0. The summed E-state index contributed by atoms with van der Waals surface area (Å²) in [7, 11) is 0. The van der Waals surface area contributed by atoms with Crippen LogP contribution in [0.2, 0.25) is 0 Å². The molecule has 0 bridgehead atoms. The fourth-order valence-corrected chi connectivity index (χ4v) is 3.81. The first-order valence-electron chi connectivity index (χ1n) is 9.10. The first kappa shape index (κ1) is 15.7. The Morgan fingerprint density at radius 3 is 1.89 bits per heavy atom. The largest absolute Gasteiger partial charge is 0.508 e. The van der Waals surface area contributed by atoms with Gasteiger partial charge in [0.1, 0.15) is 5.75 Å². The van der Waals surface area contributed by atoms with Crippen molar-refractivity contribution >= 4 is 21.5 Å². The fourth-order valence-electron chi connectivity index (χ4n) is 3.81. The summed E-state index contributed by atoms with van der Waals surface area (Å²) < 4.78 is 0. The van der Waals surface area contributed by atoms with Gasteiger partial charge >= 0.3 is 0 Å². The van der Waals surface area contributed by atoms with Crippen LogP contribution in [0, 0.1) is 0 Å². The lowest BCUT2D eigenvalue weighted by Crippen LogP contribution is -1.88. The van der Waals surface area contributed by atoms with E-state index in [0.29, 0.717) is 0 Å². The van der Waals surface area contributed by atoms with Gasteiger partial charge in [-0.05, 0) is 68.1 Å². The maximum Gasteiger partial charge on any atom is 0.115 e. The summed E-state index contributed by atoms with van der Waals surface area (Å²) in [5, 5.41) is 14.7. The molecule has 0 aliphatic rings. The van der Waals surface area contributed by atoms with E-state index in [4.69, 9.17) is 0 Å². The maximum absolute atomic E-state index is 9.74. The van der Waals surface area contributed by atoms with E-state index in [1.165, 1.54) is 38.2 Å². The molecule has 0 aliphatic carbocycles. The van der Waals surface area contributed by atoms with Gasteiger partial charge in [-0.25, -0.2) is 0 Å². The molecular weight excluding hydrogens is 328 g/mol. The van der Waals surface area contributed by atoms with Crippen LogP contribution in [0.3, 0.4) is 0 Å². The van der Waals surface area contributed by atoms with E-state index in [9.17, 15) is 5.11 Å². The van der Waals surface area contributed by atoms with Crippen LogP contribution >= 0.6 is 0 Å². The van der Waals surface area contributed by atoms with Crippen LogP contribution in [0.4, 0.5) is 0 Å². The summed E-state index contributed by atoms with van der Waals surface area (Å²) >= 11 is 0. The molecular formula is C26H18O. The van der Waals surface area contributed by atoms with Crippen LogP contribution in [-0.2, 0) is 0 Å². The number of hydrogen-bond donors (Lipinski definition) is 1. The zero-order valence-electron chi connectivity index (χ0n) is 14.8. The first-order chi connectivity index (χ1) is 13.3. The van der Waals surface area contributed by atoms with Crippen molar-refractivity contribution in [3.63, 3.8) is 0 Å². The van der Waals surface area contributed by atoms with E-state index >= 15 is 0 Å². The van der Waals surface area contributed by atoms with Crippen molar-refractivity contribution in [2.45, 2.75) is 0 Å². The standard InChI is InChI=1S/C26H18O/c27-23-13-10-19(11-14-23)26-24(18-6-2-1-3-7-18)15-12-22-16-20-8-4-5-9-21(20)17-25(22)26/h1-17,27H. The number of benzene rings is 5. The molecule has 27 heavy (non-hydrogen) atoms. The second kappa shape index (κ2) is 6.30. The van der Waals surface area contributed by atoms with Gasteiger partial charge in [-0.3, -0.25) is 0 Å². The van der Waals surface area contributed by atoms with Crippen LogP contribution in [0.15, 0.2) is 103 Å². The van der Waals surface area contributed by atoms with Gasteiger partial charge in [0.15, 0.2) is 0 Å². The minimum Gasteiger partial charge on any atom is -0.508 e. The molecule has 1 heteroatoms. The number of phenols is 1. The molecule has 0 fully saturated rings. The van der Waals surface area contributed by atoms with Gasteiger partial charge in [0.2, 0.25) is 0 Å². The Morgan fingerprint density at radius 1 is 0.481 bits per heavy atom. The van der Waals surface area contributed by atoms with E-state index in [1.807, 2.05) is 18.2 Å². The van der Waals surface area contributed by atoms with Crippen molar-refractivity contribution in [2.24, 2.45) is 0 Å². The quantitative estimate of drug-likeness (QED) is 0.340. The van der Waals surface area contributed by atoms with Crippen molar-refractivity contribution in [3.05, 3.63) is 103 Å². The first-order valence-corrected chi connectivity index (χ1v) is 9.10. The monoisotopic (exact) mass is 346 g/mol. The van der Waals surface area contributed by atoms with Crippen LogP contribution in [0.25, 0.3) is 43.8 Å². The number of phenolic OH excluding ortho intramolecular Hbond substituents is 1. The normalized spacial score (nSPS) is 11.1. The predicted octanol–water partition coefficient (Wildman–Crippen LogP) is 7.03. The van der Waals surface area contributed by atoms with Crippen molar-refractivity contribution in [2.75, 3.05) is 0 Å². The van der Waals surface area contributed by atoms with Gasteiger partial charge in [-0.1, -0.05) is 78.9 Å². The molecule has 0 atom stereocenters. The van der Waals surface area contributed by atoms with Crippen LogP contribution in [-0.4, -0.2) is 5.11 Å². The molecule has 0 spiro atoms. The Bertz CT molecular complexity index is 1250. The third-order valence-corrected chi connectivity index (χ3v) is 5.13. The Balaban J connectivity index is 1.90. The number of hydrogen-bond acceptors (Lipinski definition) is 1. The van der Waals surface area contributed by atoms with Gasteiger partial charge in [0.05, 0.1) is 0 Å². The summed E-state index contributed by atoms with van der Waals surface area (Å²) in [6, 6.07) is 35.4. The topological polar surface area (TPSA) is 20.2 Å². The smallest absolute Gasteiger partial charge is 0.115 e. The zero-order chi connectivity index (χ0) is 18.2. The van der Waals surface area contributed by atoms with E-state index in [0.717, 1.165) is 5.56 Å². The lowest BCUT2D eigenvalue weighted by atomic mass is 9.88. The Labute approximate surface area is 158 Å². The molecule has 5 aromatic carbocycles. The van der Waals surface area contributed by atoms with Gasteiger partial charge in [-0.15, -0.1) is 0 Å². The van der Waals surface area contributed by atoms with E-state index < -0.39 is 0 Å². The number of rotatable bonds is 2. The highest BCUT2D eigenvalue weighted by Crippen LogP contribution is 2.39. The molecule has 0 aromatic heterocycles. The highest BCUT2D eigenvalue weighted by atomic mass is 16.3. The second-order valence-electron chi connectivity index (χ2n) is 6.82. The molecule has 0 saturated carbocycles. The summed E-state index contributed by atoms with van der Waals surface area (Å²) in [5.41, 5.74) is 4.69. The number of fused-ring (bicyclic) bond motifs is 2. The van der Waals surface area contributed by atoms with Gasteiger partial charge in [0, 0.05) is 0 Å². The molecule has 5 aromatic rings. The highest BCUT2D eigenvalue weighted by Gasteiger charge is 2.12. The van der Waals surface area contributed by atoms with Crippen LogP contribution < -0.4 is 0 Å². The average molecular weight is 346 g/mol. The van der Waals surface area contributed by atoms with Crippen molar-refractivity contribution in [3.8, 4) is 28.0 Å². The molecule has 1 N–H and O–H groups in total. The summed E-state index contributed by atoms with van der Waals surface area (Å²) in [6.07, 6.45) is 0. The van der Waals surface area contributed by atoms with E-state index in [2.05, 4.69) is 72.8 Å². The molecule has 0 radical (unpaired) electrons. The molecule has 0 aliphatic heterocycles. The Morgan fingerprint density at radius 2 is 1.15 bits per heavy atom. The Hall–Kier alpha value is -3.58. The van der Waals surface area contributed by atoms with E-state index in [-0.39, 0.29) is 5.75 Å². The SMILES string of the molecule is Oc1ccc(-c2c(-c3ccccc3)ccc3cc4ccccc4cc23)cc1. The minimum atomic E-state index is 0.283. The predicted molar refractivity (Wildman–Crippen MR) is 114 cm³/mol. The molecule has 5 rings (SSSR count). The molecule has 1 nitrogen and oxygen atoms in total. The van der Waals surface area contributed by atoms with Gasteiger partial charge < -0.3 is 5.11 Å². The molecule has 0 heterocycles. The average Bonchev–Trinajstić information content (AvgIpc) is 2.73. The third kappa shape index (κ3) is 2.74. The summed E-state index contributed by atoms with van der Waals surface area (Å²) in [5.74, 6) is 0.283. The van der Waals surface area contributed by atoms with Crippen molar-refractivity contribution in [1.82, 2.24) is 0 Å². The maximum atomic E-state index is 9.74. The van der Waals surface area contributed by atoms with E-state index in [1.54, 1.807) is 12.1 Å². The molecule has 0 amide bonds. The molecule has 0 unspecified atom stereocenters. The Kier molecular flexibility index (Phi) is 3.65. The minimum absolute atomic E-state index is 0.283. The molecule has 128 valence electrons. The lowest BCUT2D eigenvalue weighted by molar-refractivity contribution is 0.475. The number of aromatic hydroxyl groups is 1. The fraction of sp³-hybridized carbons (Fsp3) is 0. The zero-order valence-corrected chi connectivity index (χ0v) is 14.8. The van der Waals surface area contributed by atoms with Crippen LogP contribution in [0.5, 0.6) is 5.75 Å². The summed E-state index contributed by atoms with van der Waals surface area (Å²) in [6.45, 7) is 0. The van der Waals surface area contributed by atoms with Crippen LogP contribution in [0.1, 0.15) is 0 Å². The highest BCUT2D eigenvalue weighted by molar-refractivity contribution is 6.09. The van der Waals surface area contributed by atoms with Crippen molar-refractivity contribution < 1.29 is 5.11 Å². The van der Waals surface area contributed by atoms with Crippen molar-refractivity contribution in [1.29, 1.82) is 0 Å². The lowest BCUT2D eigenvalue weighted by Gasteiger charge is -2.15. The second-order valence-corrected chi connectivity index (χ2v) is 6.82. The van der Waals surface area contributed by atoms with Gasteiger partial charge in [-0.2, -0.15) is 0 Å². The third-order valence-electron chi connectivity index (χ3n) is 5.13.